The van der Waals surface area contributed by atoms with Crippen LogP contribution in [0.5, 0.6) is 5.75 Å². The van der Waals surface area contributed by atoms with Crippen LogP contribution in [-0.4, -0.2) is 31.1 Å². The van der Waals surface area contributed by atoms with E-state index in [1.165, 1.54) is 4.31 Å². The third-order valence-corrected chi connectivity index (χ3v) is 6.40. The van der Waals surface area contributed by atoms with Crippen molar-refractivity contribution in [3.05, 3.63) is 36.3 Å². The lowest BCUT2D eigenvalue weighted by molar-refractivity contribution is 0.415. The molecule has 0 radical (unpaired) electrons. The minimum atomic E-state index is -3.72. The van der Waals surface area contributed by atoms with Gasteiger partial charge in [0.05, 0.1) is 12.8 Å². The van der Waals surface area contributed by atoms with Crippen LogP contribution in [0.4, 0.5) is 5.69 Å². The Bertz CT molecular complexity index is 804. The molecule has 0 bridgehead atoms. The summed E-state index contributed by atoms with van der Waals surface area (Å²) in [5.74, 6) is 1.76. The molecule has 0 aliphatic heterocycles. The van der Waals surface area contributed by atoms with Crippen LogP contribution < -0.4 is 9.04 Å². The molecule has 0 amide bonds. The normalized spacial score (nSPS) is 16.0. The Balaban J connectivity index is 2.06. The Hall–Kier alpha value is -2.02. The van der Waals surface area contributed by atoms with E-state index in [1.807, 2.05) is 6.92 Å². The summed E-state index contributed by atoms with van der Waals surface area (Å²) >= 11 is 0. The Kier molecular flexibility index (Phi) is 4.29. The molecule has 6 nitrogen and oxygen atoms in total. The number of hydrogen-bond donors (Lipinski definition) is 0. The van der Waals surface area contributed by atoms with Crippen LogP contribution in [0.3, 0.4) is 0 Å². The van der Waals surface area contributed by atoms with Gasteiger partial charge in [0.2, 0.25) is 0 Å². The maximum Gasteiger partial charge on any atom is 0.283 e. The van der Waals surface area contributed by atoms with Crippen molar-refractivity contribution in [1.29, 1.82) is 0 Å². The highest BCUT2D eigenvalue weighted by Crippen LogP contribution is 2.39. The number of sulfonamides is 1. The second-order valence-electron chi connectivity index (χ2n) is 6.31. The molecule has 1 aromatic carbocycles. The minimum absolute atomic E-state index is 0.0887. The number of rotatable bonds is 6. The van der Waals surface area contributed by atoms with Gasteiger partial charge in [0.1, 0.15) is 11.6 Å². The monoisotopic (exact) mass is 349 g/mol. The Morgan fingerprint density at radius 1 is 1.29 bits per heavy atom. The van der Waals surface area contributed by atoms with Crippen molar-refractivity contribution < 1.29 is 13.2 Å². The quantitative estimate of drug-likeness (QED) is 0.804. The topological polar surface area (TPSA) is 64.4 Å². The van der Waals surface area contributed by atoms with Gasteiger partial charge in [0, 0.05) is 19.3 Å². The van der Waals surface area contributed by atoms with Crippen molar-refractivity contribution in [2.24, 2.45) is 13.0 Å². The fourth-order valence-corrected chi connectivity index (χ4v) is 4.59. The number of methoxy groups -OCH3 is 1. The largest absolute Gasteiger partial charge is 0.497 e. The molecule has 3 rings (SSSR count). The summed E-state index contributed by atoms with van der Waals surface area (Å²) in [4.78, 5) is 4.23. The lowest BCUT2D eigenvalue weighted by atomic mass is 10.2. The van der Waals surface area contributed by atoms with Gasteiger partial charge in [-0.15, -0.1) is 0 Å². The van der Waals surface area contributed by atoms with Crippen LogP contribution in [0.15, 0.2) is 35.5 Å². The van der Waals surface area contributed by atoms with E-state index < -0.39 is 10.0 Å². The van der Waals surface area contributed by atoms with E-state index >= 15 is 0 Å². The molecule has 7 heteroatoms. The molecular weight excluding hydrogens is 326 g/mol. The van der Waals surface area contributed by atoms with Crippen LogP contribution in [0, 0.1) is 12.8 Å². The molecule has 1 aliphatic carbocycles. The Labute approximate surface area is 143 Å². The maximum absolute atomic E-state index is 13.2. The molecule has 24 heavy (non-hydrogen) atoms. The highest BCUT2D eigenvalue weighted by Gasteiger charge is 2.39. The zero-order chi connectivity index (χ0) is 17.5. The summed E-state index contributed by atoms with van der Waals surface area (Å²) < 4.78 is 34.9. The van der Waals surface area contributed by atoms with Crippen LogP contribution in [0.2, 0.25) is 0 Å². The first kappa shape index (κ1) is 16.8. The molecule has 0 spiro atoms. The number of anilines is 1. The van der Waals surface area contributed by atoms with Crippen molar-refractivity contribution in [3.63, 3.8) is 0 Å². The van der Waals surface area contributed by atoms with Gasteiger partial charge in [-0.1, -0.05) is 0 Å². The summed E-state index contributed by atoms with van der Waals surface area (Å²) in [6, 6.07) is 7.02. The standard InChI is InChI=1S/C17H23N3O3S/c1-12(14-5-6-14)20(15-7-9-16(23-4)10-8-15)24(21,22)17-11-19(3)13(2)18-17/h7-12,14H,5-6H2,1-4H3/t12-/m0/s1. The van der Waals surface area contributed by atoms with Gasteiger partial charge in [-0.3, -0.25) is 4.31 Å². The van der Waals surface area contributed by atoms with E-state index in [0.717, 1.165) is 12.8 Å². The molecule has 0 N–H and O–H groups in total. The van der Waals surface area contributed by atoms with Crippen molar-refractivity contribution in [2.75, 3.05) is 11.4 Å². The first-order valence-corrected chi connectivity index (χ1v) is 9.47. The van der Waals surface area contributed by atoms with Gasteiger partial charge in [-0.2, -0.15) is 8.42 Å². The number of hydrogen-bond acceptors (Lipinski definition) is 4. The fourth-order valence-electron chi connectivity index (χ4n) is 2.84. The molecule has 1 fully saturated rings. The van der Waals surface area contributed by atoms with E-state index in [2.05, 4.69) is 4.98 Å². The molecule has 1 aromatic heterocycles. The Morgan fingerprint density at radius 2 is 1.92 bits per heavy atom. The van der Waals surface area contributed by atoms with Crippen LogP contribution in [0.1, 0.15) is 25.6 Å². The van der Waals surface area contributed by atoms with Crippen molar-refractivity contribution in [2.45, 2.75) is 37.8 Å². The van der Waals surface area contributed by atoms with Gasteiger partial charge in [0.25, 0.3) is 10.0 Å². The van der Waals surface area contributed by atoms with Gasteiger partial charge < -0.3 is 9.30 Å². The lowest BCUT2D eigenvalue weighted by Gasteiger charge is -2.30. The predicted octanol–water partition coefficient (Wildman–Crippen LogP) is 2.73. The summed E-state index contributed by atoms with van der Waals surface area (Å²) in [5, 5.41) is 0.0887. The lowest BCUT2D eigenvalue weighted by Crippen LogP contribution is -2.40. The number of aromatic nitrogens is 2. The van der Waals surface area contributed by atoms with Crippen molar-refractivity contribution >= 4 is 15.7 Å². The predicted molar refractivity (Wildman–Crippen MR) is 92.8 cm³/mol. The third kappa shape index (κ3) is 3.00. The maximum atomic E-state index is 13.2. The van der Waals surface area contributed by atoms with E-state index in [9.17, 15) is 8.42 Å². The fraction of sp³-hybridized carbons (Fsp3) is 0.471. The van der Waals surface area contributed by atoms with E-state index in [-0.39, 0.29) is 11.1 Å². The minimum Gasteiger partial charge on any atom is -0.497 e. The van der Waals surface area contributed by atoms with Crippen molar-refractivity contribution in [1.82, 2.24) is 9.55 Å². The average Bonchev–Trinajstić information content (AvgIpc) is 3.34. The molecule has 0 saturated heterocycles. The van der Waals surface area contributed by atoms with Gasteiger partial charge >= 0.3 is 0 Å². The smallest absolute Gasteiger partial charge is 0.283 e. The van der Waals surface area contributed by atoms with Crippen molar-refractivity contribution in [3.8, 4) is 5.75 Å². The number of imidazole rings is 1. The van der Waals surface area contributed by atoms with Crippen LogP contribution in [0.25, 0.3) is 0 Å². The molecule has 2 aromatic rings. The summed E-state index contributed by atoms with van der Waals surface area (Å²) in [7, 11) is -0.334. The average molecular weight is 349 g/mol. The number of ether oxygens (including phenoxy) is 1. The van der Waals surface area contributed by atoms with E-state index in [4.69, 9.17) is 4.74 Å². The first-order valence-electron chi connectivity index (χ1n) is 8.03. The van der Waals surface area contributed by atoms with Crippen LogP contribution in [-0.2, 0) is 17.1 Å². The molecule has 130 valence electrons. The van der Waals surface area contributed by atoms with E-state index in [1.54, 1.807) is 56.1 Å². The molecule has 0 unspecified atom stereocenters. The highest BCUT2D eigenvalue weighted by atomic mass is 32.2. The highest BCUT2D eigenvalue weighted by molar-refractivity contribution is 7.92. The first-order chi connectivity index (χ1) is 11.3. The molecule has 1 heterocycles. The molecule has 1 aliphatic rings. The Morgan fingerprint density at radius 3 is 2.38 bits per heavy atom. The second kappa shape index (κ2) is 6.12. The number of nitrogens with zero attached hydrogens (tertiary/aromatic N) is 3. The van der Waals surface area contributed by atoms with Crippen LogP contribution >= 0.6 is 0 Å². The number of benzene rings is 1. The summed E-state index contributed by atoms with van der Waals surface area (Å²) in [6.07, 6.45) is 3.69. The van der Waals surface area contributed by atoms with Gasteiger partial charge in [-0.25, -0.2) is 4.98 Å². The number of aryl methyl sites for hydroxylation is 2. The zero-order valence-electron chi connectivity index (χ0n) is 14.4. The second-order valence-corrected chi connectivity index (χ2v) is 8.08. The summed E-state index contributed by atoms with van der Waals surface area (Å²) in [6.45, 7) is 3.76. The van der Waals surface area contributed by atoms with Gasteiger partial charge in [0.15, 0.2) is 5.03 Å². The SMILES string of the molecule is COc1ccc(N([C@@H](C)C2CC2)S(=O)(=O)c2cn(C)c(C)n2)cc1. The zero-order valence-corrected chi connectivity index (χ0v) is 15.2. The third-order valence-electron chi connectivity index (χ3n) is 4.61. The molecule has 1 atom stereocenters. The summed E-state index contributed by atoms with van der Waals surface area (Å²) in [5.41, 5.74) is 0.638. The molecule has 1 saturated carbocycles. The van der Waals surface area contributed by atoms with E-state index in [0.29, 0.717) is 23.2 Å². The molecular formula is C17H23N3O3S. The van der Waals surface area contributed by atoms with Gasteiger partial charge in [-0.05, 0) is 56.9 Å².